The Hall–Kier alpha value is -2.51. The molecule has 0 aliphatic heterocycles. The quantitative estimate of drug-likeness (QED) is 0.498. The highest BCUT2D eigenvalue weighted by Crippen LogP contribution is 2.26. The van der Waals surface area contributed by atoms with Crippen molar-refractivity contribution in [2.24, 2.45) is 5.41 Å². The van der Waals surface area contributed by atoms with E-state index in [0.717, 1.165) is 20.7 Å². The molecule has 1 aromatic heterocycles. The molecule has 3 aromatic rings. The highest BCUT2D eigenvalue weighted by atomic mass is 79.9. The van der Waals surface area contributed by atoms with Crippen LogP contribution in [-0.4, -0.2) is 16.8 Å². The fourth-order valence-electron chi connectivity index (χ4n) is 2.51. The van der Waals surface area contributed by atoms with Gasteiger partial charge in [0.1, 0.15) is 5.01 Å². The monoisotopic (exact) mass is 471 g/mol. The van der Waals surface area contributed by atoms with Crippen LogP contribution >= 0.6 is 27.3 Å². The van der Waals surface area contributed by atoms with Crippen molar-refractivity contribution in [2.75, 3.05) is 10.6 Å². The molecule has 0 atom stereocenters. The van der Waals surface area contributed by atoms with Gasteiger partial charge >= 0.3 is 0 Å². The number of anilines is 2. The van der Waals surface area contributed by atoms with Crippen molar-refractivity contribution in [3.8, 4) is 10.6 Å². The second kappa shape index (κ2) is 8.88. The van der Waals surface area contributed by atoms with Gasteiger partial charge in [-0.2, -0.15) is 0 Å². The molecule has 29 heavy (non-hydrogen) atoms. The van der Waals surface area contributed by atoms with Crippen molar-refractivity contribution < 1.29 is 9.59 Å². The van der Waals surface area contributed by atoms with Crippen LogP contribution in [0, 0.1) is 5.41 Å². The van der Waals surface area contributed by atoms with E-state index in [-0.39, 0.29) is 18.2 Å². The fraction of sp³-hybridized carbons (Fsp3) is 0.227. The predicted molar refractivity (Wildman–Crippen MR) is 122 cm³/mol. The third kappa shape index (κ3) is 5.98. The van der Waals surface area contributed by atoms with Crippen LogP contribution in [0.5, 0.6) is 0 Å². The van der Waals surface area contributed by atoms with E-state index >= 15 is 0 Å². The molecule has 0 spiro atoms. The number of amides is 2. The van der Waals surface area contributed by atoms with Crippen LogP contribution < -0.4 is 10.6 Å². The summed E-state index contributed by atoms with van der Waals surface area (Å²) in [6.45, 7) is 5.55. The fourth-order valence-corrected chi connectivity index (χ4v) is 3.72. The topological polar surface area (TPSA) is 71.1 Å². The van der Waals surface area contributed by atoms with Gasteiger partial charge in [-0.25, -0.2) is 4.98 Å². The molecule has 0 aliphatic carbocycles. The lowest BCUT2D eigenvalue weighted by Crippen LogP contribution is -2.27. The first-order valence-electron chi connectivity index (χ1n) is 9.12. The Morgan fingerprint density at radius 3 is 2.41 bits per heavy atom. The zero-order valence-electron chi connectivity index (χ0n) is 16.5. The van der Waals surface area contributed by atoms with E-state index < -0.39 is 5.41 Å². The second-order valence-corrected chi connectivity index (χ2v) is 9.44. The first-order chi connectivity index (χ1) is 13.7. The smallest absolute Gasteiger partial charge is 0.230 e. The molecule has 0 saturated carbocycles. The summed E-state index contributed by atoms with van der Waals surface area (Å²) in [5, 5.41) is 8.51. The molecule has 5 nitrogen and oxygen atoms in total. The molecule has 3 rings (SSSR count). The summed E-state index contributed by atoms with van der Waals surface area (Å²) in [4.78, 5) is 29.1. The Kier molecular flexibility index (Phi) is 6.49. The largest absolute Gasteiger partial charge is 0.326 e. The van der Waals surface area contributed by atoms with Crippen LogP contribution in [0.15, 0.2) is 58.4 Å². The number of nitrogens with zero attached hydrogens (tertiary/aromatic N) is 1. The number of hydrogen-bond acceptors (Lipinski definition) is 4. The minimum Gasteiger partial charge on any atom is -0.326 e. The molecule has 0 unspecified atom stereocenters. The summed E-state index contributed by atoms with van der Waals surface area (Å²) in [6, 6.07) is 15.0. The molecular weight excluding hydrogens is 450 g/mol. The number of carbonyl (C=O) groups is 2. The zero-order valence-corrected chi connectivity index (χ0v) is 18.9. The average Bonchev–Trinajstić information content (AvgIpc) is 3.09. The molecule has 7 heteroatoms. The first-order valence-corrected chi connectivity index (χ1v) is 10.8. The molecular formula is C22H22BrN3O2S. The molecule has 0 saturated heterocycles. The minimum atomic E-state index is -0.490. The standard InChI is InChI=1S/C22H22BrN3O2S/c1-22(2,3)21(28)26-17-9-5-8-16(11-17)24-19(27)12-18-13-29-20(25-18)14-6-4-7-15(23)10-14/h4-11,13H,12H2,1-3H3,(H,24,27)(H,26,28). The maximum atomic E-state index is 12.4. The van der Waals surface area contributed by atoms with Gasteiger partial charge in [0, 0.05) is 32.2 Å². The number of hydrogen-bond donors (Lipinski definition) is 2. The van der Waals surface area contributed by atoms with Crippen LogP contribution in [-0.2, 0) is 16.0 Å². The Labute approximate surface area is 182 Å². The van der Waals surface area contributed by atoms with E-state index in [1.807, 2.05) is 50.4 Å². The maximum absolute atomic E-state index is 12.4. The summed E-state index contributed by atoms with van der Waals surface area (Å²) in [7, 11) is 0. The predicted octanol–water partition coefficient (Wildman–Crippen LogP) is 5.74. The summed E-state index contributed by atoms with van der Waals surface area (Å²) >= 11 is 4.97. The summed E-state index contributed by atoms with van der Waals surface area (Å²) < 4.78 is 0.989. The van der Waals surface area contributed by atoms with Crippen LogP contribution in [0.3, 0.4) is 0 Å². The summed E-state index contributed by atoms with van der Waals surface area (Å²) in [5.41, 5.74) is 2.52. The highest BCUT2D eigenvalue weighted by molar-refractivity contribution is 9.10. The maximum Gasteiger partial charge on any atom is 0.230 e. The van der Waals surface area contributed by atoms with Crippen molar-refractivity contribution in [3.63, 3.8) is 0 Å². The third-order valence-electron chi connectivity index (χ3n) is 4.05. The number of benzene rings is 2. The van der Waals surface area contributed by atoms with E-state index in [4.69, 9.17) is 0 Å². The number of rotatable bonds is 5. The number of nitrogens with one attached hydrogen (secondary N) is 2. The molecule has 0 fully saturated rings. The van der Waals surface area contributed by atoms with E-state index in [2.05, 4.69) is 31.5 Å². The molecule has 150 valence electrons. The van der Waals surface area contributed by atoms with Gasteiger partial charge in [0.15, 0.2) is 0 Å². The number of aromatic nitrogens is 1. The minimum absolute atomic E-state index is 0.0801. The molecule has 1 heterocycles. The van der Waals surface area contributed by atoms with Gasteiger partial charge in [-0.1, -0.05) is 54.9 Å². The highest BCUT2D eigenvalue weighted by Gasteiger charge is 2.21. The summed E-state index contributed by atoms with van der Waals surface area (Å²) in [5.74, 6) is -0.237. The Balaban J connectivity index is 1.63. The van der Waals surface area contributed by atoms with Crippen molar-refractivity contribution in [3.05, 3.63) is 64.1 Å². The second-order valence-electron chi connectivity index (χ2n) is 7.66. The SMILES string of the molecule is CC(C)(C)C(=O)Nc1cccc(NC(=O)Cc2csc(-c3cccc(Br)c3)n2)c1. The van der Waals surface area contributed by atoms with Crippen LogP contribution in [0.2, 0.25) is 0 Å². The normalized spacial score (nSPS) is 11.2. The molecule has 0 radical (unpaired) electrons. The van der Waals surface area contributed by atoms with Crippen molar-refractivity contribution in [2.45, 2.75) is 27.2 Å². The lowest BCUT2D eigenvalue weighted by atomic mass is 9.95. The molecule has 0 aliphatic rings. The van der Waals surface area contributed by atoms with E-state index in [1.165, 1.54) is 11.3 Å². The zero-order chi connectivity index (χ0) is 21.0. The van der Waals surface area contributed by atoms with Crippen molar-refractivity contribution in [1.82, 2.24) is 4.98 Å². The lowest BCUT2D eigenvalue weighted by molar-refractivity contribution is -0.123. The van der Waals surface area contributed by atoms with Crippen LogP contribution in [0.4, 0.5) is 11.4 Å². The van der Waals surface area contributed by atoms with Crippen molar-refractivity contribution >= 4 is 50.5 Å². The van der Waals surface area contributed by atoms with Gasteiger partial charge in [0.2, 0.25) is 11.8 Å². The lowest BCUT2D eigenvalue weighted by Gasteiger charge is -2.18. The molecule has 2 amide bonds. The Bertz CT molecular complexity index is 1040. The van der Waals surface area contributed by atoms with Gasteiger partial charge in [-0.3, -0.25) is 9.59 Å². The van der Waals surface area contributed by atoms with Gasteiger partial charge in [0.25, 0.3) is 0 Å². The molecule has 2 aromatic carbocycles. The number of halogens is 1. The van der Waals surface area contributed by atoms with Crippen molar-refractivity contribution in [1.29, 1.82) is 0 Å². The van der Waals surface area contributed by atoms with E-state index in [9.17, 15) is 9.59 Å². The molecule has 2 N–H and O–H groups in total. The number of carbonyl (C=O) groups excluding carboxylic acids is 2. The molecule has 0 bridgehead atoms. The van der Waals surface area contributed by atoms with Gasteiger partial charge < -0.3 is 10.6 Å². The summed E-state index contributed by atoms with van der Waals surface area (Å²) in [6.07, 6.45) is 0.184. The van der Waals surface area contributed by atoms with Crippen LogP contribution in [0.25, 0.3) is 10.6 Å². The van der Waals surface area contributed by atoms with E-state index in [1.54, 1.807) is 24.3 Å². The first kappa shape index (κ1) is 21.2. The van der Waals surface area contributed by atoms with Crippen LogP contribution in [0.1, 0.15) is 26.5 Å². The van der Waals surface area contributed by atoms with Gasteiger partial charge in [-0.15, -0.1) is 11.3 Å². The van der Waals surface area contributed by atoms with E-state index in [0.29, 0.717) is 11.4 Å². The Morgan fingerprint density at radius 1 is 1.03 bits per heavy atom. The number of thiazole rings is 1. The van der Waals surface area contributed by atoms with Gasteiger partial charge in [-0.05, 0) is 30.3 Å². The third-order valence-corrected chi connectivity index (χ3v) is 5.48. The average molecular weight is 472 g/mol. The van der Waals surface area contributed by atoms with Gasteiger partial charge in [0.05, 0.1) is 12.1 Å². The Morgan fingerprint density at radius 2 is 1.72 bits per heavy atom.